The minimum Gasteiger partial charge on any atom is -0.444 e. The fourth-order valence-corrected chi connectivity index (χ4v) is 12.3. The number of alkyl carbamates (subject to hydrolysis) is 2. The van der Waals surface area contributed by atoms with E-state index in [2.05, 4.69) is 71.8 Å². The molecule has 4 N–H and O–H groups in total. The van der Waals surface area contributed by atoms with Crippen LogP contribution in [-0.2, 0) is 52.8 Å². The van der Waals surface area contributed by atoms with Crippen molar-refractivity contribution >= 4 is 35.8 Å². The van der Waals surface area contributed by atoms with Crippen molar-refractivity contribution in [1.29, 1.82) is 0 Å². The first-order valence-corrected chi connectivity index (χ1v) is 28.1. The monoisotopic (exact) mass is 1090 g/mol. The van der Waals surface area contributed by atoms with Gasteiger partial charge in [0.25, 0.3) is 0 Å². The molecular weight excluding hydrogens is 1010 g/mol. The number of aromatic nitrogens is 3. The Balaban J connectivity index is 0.000000211. The van der Waals surface area contributed by atoms with E-state index in [0.29, 0.717) is 69.9 Å². The van der Waals surface area contributed by atoms with Crippen LogP contribution in [0.2, 0.25) is 0 Å². The number of nitrogens with zero attached hydrogens (tertiary/aromatic N) is 8. The lowest BCUT2D eigenvalue weighted by Crippen LogP contribution is -2.57. The van der Waals surface area contributed by atoms with Crippen molar-refractivity contribution in [2.24, 2.45) is 5.11 Å². The highest BCUT2D eigenvalue weighted by Gasteiger charge is 2.48. The van der Waals surface area contributed by atoms with E-state index in [9.17, 15) is 28.8 Å². The van der Waals surface area contributed by atoms with Gasteiger partial charge in [0, 0.05) is 23.0 Å². The van der Waals surface area contributed by atoms with Crippen molar-refractivity contribution in [1.82, 2.24) is 46.1 Å². The normalized spacial score (nSPS) is 26.6. The number of azide groups is 1. The predicted molar refractivity (Wildman–Crippen MR) is 292 cm³/mol. The summed E-state index contributed by atoms with van der Waals surface area (Å²) in [6, 6.07) is 12.4. The summed E-state index contributed by atoms with van der Waals surface area (Å²) in [5, 5.41) is 24.5. The summed E-state index contributed by atoms with van der Waals surface area (Å²) in [6.45, 7) is 11.0. The van der Waals surface area contributed by atoms with E-state index in [1.807, 2.05) is 30.5 Å². The number of aryl methyl sites for hydroxylation is 2. The van der Waals surface area contributed by atoms with Crippen LogP contribution in [0, 0.1) is 12.3 Å². The highest BCUT2D eigenvalue weighted by molar-refractivity contribution is 5.93. The molecule has 4 aliphatic heterocycles. The van der Waals surface area contributed by atoms with Crippen molar-refractivity contribution < 1.29 is 43.0 Å². The molecule has 5 heterocycles. The van der Waals surface area contributed by atoms with Gasteiger partial charge in [-0.05, 0) is 172 Å². The summed E-state index contributed by atoms with van der Waals surface area (Å²) >= 11 is 0. The van der Waals surface area contributed by atoms with Gasteiger partial charge in [-0.15, -0.1) is 11.5 Å². The van der Waals surface area contributed by atoms with Gasteiger partial charge in [0.2, 0.25) is 23.6 Å². The van der Waals surface area contributed by atoms with Crippen LogP contribution in [0.1, 0.15) is 178 Å². The number of nitrogens with one attached hydrogen (secondary N) is 4. The number of amides is 6. The second kappa shape index (κ2) is 25.7. The molecule has 0 spiro atoms. The van der Waals surface area contributed by atoms with E-state index >= 15 is 0 Å². The maximum Gasteiger partial charge on any atom is 0.408 e. The number of carbonyl (C=O) groups excluding carboxylic acids is 6. The number of rotatable bonds is 11. The first-order valence-electron chi connectivity index (χ1n) is 28.1. The zero-order valence-corrected chi connectivity index (χ0v) is 46.5. The molecule has 6 amide bonds. The van der Waals surface area contributed by atoms with E-state index in [-0.39, 0.29) is 73.1 Å². The highest BCUT2D eigenvalue weighted by Crippen LogP contribution is 2.38. The maximum atomic E-state index is 14.1. The zero-order valence-electron chi connectivity index (χ0n) is 46.5. The summed E-state index contributed by atoms with van der Waals surface area (Å²) < 4.78 is 18.1. The number of benzene rings is 2. The summed E-state index contributed by atoms with van der Waals surface area (Å²) in [4.78, 5) is 86.8. The lowest BCUT2D eigenvalue weighted by molar-refractivity contribution is -0.143. The Kier molecular flexibility index (Phi) is 18.9. The lowest BCUT2D eigenvalue weighted by Gasteiger charge is -2.38. The molecule has 4 fully saturated rings. The Labute approximate surface area is 463 Å². The Bertz CT molecular complexity index is 2780. The second-order valence-corrected chi connectivity index (χ2v) is 23.7. The third-order valence-corrected chi connectivity index (χ3v) is 15.7. The van der Waals surface area contributed by atoms with Gasteiger partial charge in [0.1, 0.15) is 47.7 Å². The minimum absolute atomic E-state index is 0.0852. The molecule has 79 heavy (non-hydrogen) atoms. The van der Waals surface area contributed by atoms with E-state index in [4.69, 9.17) is 26.2 Å². The number of ether oxygens (including phenoxy) is 3. The van der Waals surface area contributed by atoms with Gasteiger partial charge >= 0.3 is 12.2 Å². The van der Waals surface area contributed by atoms with Gasteiger partial charge in [-0.1, -0.05) is 64.8 Å². The first-order chi connectivity index (χ1) is 37.8. The SMILES string of the molecule is C#CCOCc1cn([C@@H]2CC[C@H](NC(=O)OC(C)(C)C)C(=O)N3[C@H](CC[C@H]3C(=O)N[C@@H]3CCCc4ccccc43)C2)nn1.CC(C)(C)OC(=O)N[C@H]1CC[C@@H](N=[N+]=[N-])C[C@H]2CC[C@@H](C(=O)N[C@@H]3CCCc4ccccc43)N2C1=O. The van der Waals surface area contributed by atoms with Crippen LogP contribution >= 0.6 is 0 Å². The van der Waals surface area contributed by atoms with Crippen LogP contribution in [0.3, 0.4) is 0 Å². The molecule has 0 unspecified atom stereocenters. The highest BCUT2D eigenvalue weighted by atomic mass is 16.6. The number of terminal acetylenes is 1. The minimum atomic E-state index is -0.858. The molecule has 2 aromatic carbocycles. The molecule has 3 aromatic rings. The standard InChI is InChI=1S/C32H42N6O5.C26H36N6O4/c1-5-17-42-20-22-19-37(36-35-22)23-13-15-27(34-31(41)43-32(2,3)4)30(40)38-24(18-23)14-16-28(38)29(39)33-26-12-8-10-21-9-6-7-11-25(21)26;1-26(2,3)36-25(35)29-21-13-11-17(30-31-27)15-18-12-14-22(32(18)24(21)34)23(33)28-20-10-6-8-16-7-4-5-9-19(16)20/h1,6-7,9,11,19,23-24,26-28H,8,10,12-18,20H2,2-4H3,(H,33,39)(H,34,41);4-5,7,9,17-18,20-22H,6,8,10-15H2,1-3H3,(H,28,33)(H,29,35)/t23-,24-,26-,27+,28+;17-,18-,20-,21+,22+/m11/s1. The third-order valence-electron chi connectivity index (χ3n) is 15.7. The molecule has 0 radical (unpaired) electrons. The summed E-state index contributed by atoms with van der Waals surface area (Å²) in [5.74, 6) is 1.57. The molecular formula is C58H78N12O9. The number of hydrogen-bond acceptors (Lipinski definition) is 12. The van der Waals surface area contributed by atoms with Gasteiger partial charge in [-0.2, -0.15) is 0 Å². The van der Waals surface area contributed by atoms with E-state index in [1.165, 1.54) is 11.1 Å². The number of carbonyl (C=O) groups is 6. The van der Waals surface area contributed by atoms with E-state index in [1.54, 1.807) is 56.0 Å². The Morgan fingerprint density at radius 2 is 1.16 bits per heavy atom. The van der Waals surface area contributed by atoms with Crippen molar-refractivity contribution in [2.75, 3.05) is 6.61 Å². The fourth-order valence-electron chi connectivity index (χ4n) is 12.3. The lowest BCUT2D eigenvalue weighted by atomic mass is 9.87. The van der Waals surface area contributed by atoms with Crippen molar-refractivity contribution in [2.45, 2.75) is 223 Å². The molecule has 6 aliphatic rings. The Morgan fingerprint density at radius 3 is 1.67 bits per heavy atom. The summed E-state index contributed by atoms with van der Waals surface area (Å²) in [5.41, 5.74) is 13.1. The van der Waals surface area contributed by atoms with Crippen LogP contribution in [-0.4, -0.2) is 121 Å². The second-order valence-electron chi connectivity index (χ2n) is 23.7. The topological polar surface area (TPSA) is 264 Å². The summed E-state index contributed by atoms with van der Waals surface area (Å²) in [7, 11) is 0. The van der Waals surface area contributed by atoms with Gasteiger partial charge in [0.15, 0.2) is 0 Å². The molecule has 2 aliphatic carbocycles. The predicted octanol–water partition coefficient (Wildman–Crippen LogP) is 7.90. The molecule has 0 saturated carbocycles. The van der Waals surface area contributed by atoms with Crippen molar-refractivity contribution in [3.63, 3.8) is 0 Å². The molecule has 9 rings (SSSR count). The Hall–Kier alpha value is -7.17. The average Bonchev–Trinajstić information content (AvgIpc) is 4.20. The Morgan fingerprint density at radius 1 is 0.671 bits per heavy atom. The molecule has 21 nitrogen and oxygen atoms in total. The van der Waals surface area contributed by atoms with Crippen LogP contribution in [0.5, 0.6) is 0 Å². The molecule has 0 bridgehead atoms. The van der Waals surface area contributed by atoms with Gasteiger partial charge in [0.05, 0.1) is 30.9 Å². The van der Waals surface area contributed by atoms with Crippen LogP contribution < -0.4 is 21.3 Å². The van der Waals surface area contributed by atoms with Crippen LogP contribution in [0.25, 0.3) is 10.4 Å². The van der Waals surface area contributed by atoms with Gasteiger partial charge in [-0.3, -0.25) is 19.2 Å². The van der Waals surface area contributed by atoms with Crippen LogP contribution in [0.15, 0.2) is 59.8 Å². The van der Waals surface area contributed by atoms with E-state index < -0.39 is 47.6 Å². The van der Waals surface area contributed by atoms with Crippen molar-refractivity contribution in [3.05, 3.63) is 93.1 Å². The number of hydrogen-bond donors (Lipinski definition) is 4. The third kappa shape index (κ3) is 14.9. The van der Waals surface area contributed by atoms with Crippen molar-refractivity contribution in [3.8, 4) is 12.3 Å². The van der Waals surface area contributed by atoms with Crippen LogP contribution in [0.4, 0.5) is 9.59 Å². The smallest absolute Gasteiger partial charge is 0.408 e. The molecule has 424 valence electrons. The van der Waals surface area contributed by atoms with E-state index in [0.717, 1.165) is 49.7 Å². The molecule has 1 aromatic heterocycles. The number of fused-ring (bicyclic) bond motifs is 4. The average molecular weight is 1090 g/mol. The summed E-state index contributed by atoms with van der Waals surface area (Å²) in [6.07, 6.45) is 16.7. The van der Waals surface area contributed by atoms with Gasteiger partial charge in [-0.25, -0.2) is 14.3 Å². The maximum absolute atomic E-state index is 14.1. The zero-order chi connectivity index (χ0) is 56.4. The molecule has 4 saturated heterocycles. The first kappa shape index (κ1) is 58.0. The quantitative estimate of drug-likeness (QED) is 0.0471. The van der Waals surface area contributed by atoms with Gasteiger partial charge < -0.3 is 45.3 Å². The molecule has 21 heteroatoms. The molecule has 10 atom stereocenters. The largest absolute Gasteiger partial charge is 0.444 e. The fraction of sp³-hybridized carbons (Fsp3) is 0.621.